The summed E-state index contributed by atoms with van der Waals surface area (Å²) in [5, 5.41) is 13.3. The van der Waals surface area contributed by atoms with Gasteiger partial charge in [0.25, 0.3) is 5.91 Å². The van der Waals surface area contributed by atoms with E-state index in [0.29, 0.717) is 34.7 Å². The van der Waals surface area contributed by atoms with Gasteiger partial charge in [-0.05, 0) is 61.5 Å². The van der Waals surface area contributed by atoms with Crippen molar-refractivity contribution >= 4 is 23.9 Å². The van der Waals surface area contributed by atoms with E-state index < -0.39 is 0 Å². The first-order chi connectivity index (χ1) is 18.1. The highest BCUT2D eigenvalue weighted by molar-refractivity contribution is 7.99. The van der Waals surface area contributed by atoms with Gasteiger partial charge in [-0.2, -0.15) is 5.10 Å². The minimum absolute atomic E-state index is 0.0782. The Morgan fingerprint density at radius 3 is 2.59 bits per heavy atom. The number of amides is 1. The van der Waals surface area contributed by atoms with Crippen LogP contribution < -0.4 is 19.6 Å². The number of hydrogen-bond acceptors (Lipinski definition) is 9. The van der Waals surface area contributed by atoms with Crippen molar-refractivity contribution in [1.29, 1.82) is 0 Å². The molecule has 0 atom stereocenters. The van der Waals surface area contributed by atoms with Crippen molar-refractivity contribution in [2.75, 3.05) is 26.6 Å². The molecule has 2 aromatic heterocycles. The molecule has 0 saturated carbocycles. The molecule has 4 aromatic rings. The van der Waals surface area contributed by atoms with E-state index in [2.05, 4.69) is 25.7 Å². The highest BCUT2D eigenvalue weighted by atomic mass is 32.2. The Hall–Kier alpha value is -4.38. The molecule has 0 radical (unpaired) electrons. The normalized spacial score (nSPS) is 10.9. The van der Waals surface area contributed by atoms with Gasteiger partial charge in [0.15, 0.2) is 11.0 Å². The van der Waals surface area contributed by atoms with E-state index in [-0.39, 0.29) is 11.7 Å². The molecule has 190 valence electrons. The molecule has 0 aliphatic heterocycles. The van der Waals surface area contributed by atoms with Gasteiger partial charge in [0.05, 0.1) is 32.8 Å². The Kier molecular flexibility index (Phi) is 8.71. The first kappa shape index (κ1) is 25.7. The Morgan fingerprint density at radius 1 is 1.08 bits per heavy atom. The van der Waals surface area contributed by atoms with Crippen molar-refractivity contribution in [3.8, 4) is 34.3 Å². The van der Waals surface area contributed by atoms with Crippen LogP contribution in [0.5, 0.6) is 17.2 Å². The minimum Gasteiger partial charge on any atom is -0.497 e. The number of hydrogen-bond donors (Lipinski definition) is 1. The summed E-state index contributed by atoms with van der Waals surface area (Å²) in [6.45, 7) is 2.52. The Morgan fingerprint density at radius 2 is 1.89 bits per heavy atom. The average Bonchev–Trinajstić information content (AvgIpc) is 3.37. The van der Waals surface area contributed by atoms with Crippen LogP contribution in [0.4, 0.5) is 0 Å². The number of carbonyl (C=O) groups excluding carboxylic acids is 1. The van der Waals surface area contributed by atoms with Gasteiger partial charge in [-0.3, -0.25) is 14.3 Å². The van der Waals surface area contributed by atoms with Gasteiger partial charge in [-0.15, -0.1) is 10.2 Å². The molecule has 0 bridgehead atoms. The van der Waals surface area contributed by atoms with Gasteiger partial charge in [0.1, 0.15) is 17.2 Å². The van der Waals surface area contributed by atoms with E-state index in [1.54, 1.807) is 44.8 Å². The highest BCUT2D eigenvalue weighted by Gasteiger charge is 2.17. The van der Waals surface area contributed by atoms with Crippen molar-refractivity contribution in [2.24, 2.45) is 5.10 Å². The number of rotatable bonds is 11. The van der Waals surface area contributed by atoms with E-state index in [0.717, 1.165) is 17.0 Å². The van der Waals surface area contributed by atoms with Crippen molar-refractivity contribution < 1.29 is 19.0 Å². The van der Waals surface area contributed by atoms with E-state index in [1.807, 2.05) is 47.9 Å². The van der Waals surface area contributed by atoms with Crippen LogP contribution in [-0.4, -0.2) is 58.4 Å². The van der Waals surface area contributed by atoms with Crippen molar-refractivity contribution in [2.45, 2.75) is 12.1 Å². The number of hydrazone groups is 1. The average molecular weight is 519 g/mol. The molecule has 0 saturated heterocycles. The number of methoxy groups -OCH3 is 2. The molecular weight excluding hydrogens is 492 g/mol. The molecule has 0 aliphatic rings. The van der Waals surface area contributed by atoms with Crippen LogP contribution in [0.15, 0.2) is 77.2 Å². The quantitative estimate of drug-likeness (QED) is 0.180. The number of ether oxygens (including phenoxy) is 3. The van der Waals surface area contributed by atoms with Crippen LogP contribution >= 0.6 is 11.8 Å². The summed E-state index contributed by atoms with van der Waals surface area (Å²) in [6, 6.07) is 16.7. The molecular formula is C26H26N6O4S. The van der Waals surface area contributed by atoms with Crippen LogP contribution in [0.25, 0.3) is 17.1 Å². The molecule has 10 nitrogen and oxygen atoms in total. The summed E-state index contributed by atoms with van der Waals surface area (Å²) in [5.41, 5.74) is 4.85. The standard InChI is InChI=1S/C26H26N6O4S/c1-4-36-21-9-7-20(8-10-21)32-25(18-6-5-13-27-15-18)30-31-26(32)37-17-24(33)29-28-16-19-14-22(34-2)11-12-23(19)35-3/h5-16H,4,17H2,1-3H3,(H,29,33). The van der Waals surface area contributed by atoms with E-state index in [4.69, 9.17) is 14.2 Å². The zero-order valence-electron chi connectivity index (χ0n) is 20.6. The lowest BCUT2D eigenvalue weighted by Gasteiger charge is -2.11. The van der Waals surface area contributed by atoms with Gasteiger partial charge in [0.2, 0.25) is 0 Å². The Balaban J connectivity index is 1.50. The summed E-state index contributed by atoms with van der Waals surface area (Å²) < 4.78 is 18.0. The van der Waals surface area contributed by atoms with Crippen molar-refractivity contribution in [1.82, 2.24) is 25.2 Å². The first-order valence-electron chi connectivity index (χ1n) is 11.4. The summed E-state index contributed by atoms with van der Waals surface area (Å²) in [5.74, 6) is 2.42. The van der Waals surface area contributed by atoms with E-state index in [1.165, 1.54) is 18.0 Å². The predicted octanol–water partition coefficient (Wildman–Crippen LogP) is 3.99. The minimum atomic E-state index is -0.299. The van der Waals surface area contributed by atoms with Crippen LogP contribution in [0.2, 0.25) is 0 Å². The second-order valence-corrected chi connectivity index (χ2v) is 8.44. The molecule has 1 amide bonds. The zero-order valence-corrected chi connectivity index (χ0v) is 21.4. The summed E-state index contributed by atoms with van der Waals surface area (Å²) in [7, 11) is 3.14. The number of nitrogens with zero attached hydrogens (tertiary/aromatic N) is 5. The predicted molar refractivity (Wildman–Crippen MR) is 142 cm³/mol. The zero-order chi connectivity index (χ0) is 26.0. The Bertz CT molecular complexity index is 1360. The third-order valence-electron chi connectivity index (χ3n) is 5.12. The van der Waals surface area contributed by atoms with Gasteiger partial charge < -0.3 is 14.2 Å². The molecule has 2 aromatic carbocycles. The molecule has 0 aliphatic carbocycles. The maximum Gasteiger partial charge on any atom is 0.250 e. The lowest BCUT2D eigenvalue weighted by molar-refractivity contribution is -0.118. The third kappa shape index (κ3) is 6.44. The van der Waals surface area contributed by atoms with Crippen molar-refractivity contribution in [3.63, 3.8) is 0 Å². The van der Waals surface area contributed by atoms with Crippen LogP contribution in [-0.2, 0) is 4.79 Å². The molecule has 2 heterocycles. The number of aromatic nitrogens is 4. The number of pyridine rings is 1. The monoisotopic (exact) mass is 518 g/mol. The smallest absolute Gasteiger partial charge is 0.250 e. The van der Waals surface area contributed by atoms with Gasteiger partial charge in [0, 0.05) is 29.2 Å². The van der Waals surface area contributed by atoms with Crippen LogP contribution in [0.1, 0.15) is 12.5 Å². The molecule has 1 N–H and O–H groups in total. The topological polar surface area (TPSA) is 113 Å². The number of carbonyl (C=O) groups is 1. The summed E-state index contributed by atoms with van der Waals surface area (Å²) in [6.07, 6.45) is 4.92. The lowest BCUT2D eigenvalue weighted by atomic mass is 10.2. The third-order valence-corrected chi connectivity index (χ3v) is 6.05. The number of benzene rings is 2. The number of nitrogens with one attached hydrogen (secondary N) is 1. The molecule has 37 heavy (non-hydrogen) atoms. The van der Waals surface area contributed by atoms with Gasteiger partial charge >= 0.3 is 0 Å². The Labute approximate surface area is 218 Å². The first-order valence-corrected chi connectivity index (χ1v) is 12.4. The van der Waals surface area contributed by atoms with E-state index in [9.17, 15) is 4.79 Å². The molecule has 0 fully saturated rings. The van der Waals surface area contributed by atoms with Gasteiger partial charge in [-0.25, -0.2) is 5.43 Å². The second kappa shape index (κ2) is 12.5. The fraction of sp³-hybridized carbons (Fsp3) is 0.192. The number of thioether (sulfide) groups is 1. The maximum atomic E-state index is 12.5. The molecule has 0 spiro atoms. The lowest BCUT2D eigenvalue weighted by Crippen LogP contribution is -2.20. The fourth-order valence-corrected chi connectivity index (χ4v) is 4.16. The van der Waals surface area contributed by atoms with Crippen molar-refractivity contribution in [3.05, 3.63) is 72.6 Å². The molecule has 11 heteroatoms. The summed E-state index contributed by atoms with van der Waals surface area (Å²) >= 11 is 1.25. The van der Waals surface area contributed by atoms with Crippen LogP contribution in [0.3, 0.4) is 0 Å². The molecule has 4 rings (SSSR count). The SMILES string of the molecule is CCOc1ccc(-n2c(SCC(=O)NN=Cc3cc(OC)ccc3OC)nnc2-c2cccnc2)cc1. The van der Waals surface area contributed by atoms with Crippen LogP contribution in [0, 0.1) is 0 Å². The van der Waals surface area contributed by atoms with E-state index >= 15 is 0 Å². The largest absolute Gasteiger partial charge is 0.497 e. The highest BCUT2D eigenvalue weighted by Crippen LogP contribution is 2.28. The maximum absolute atomic E-state index is 12.5. The summed E-state index contributed by atoms with van der Waals surface area (Å²) in [4.78, 5) is 16.7. The second-order valence-electron chi connectivity index (χ2n) is 7.50. The fourth-order valence-electron chi connectivity index (χ4n) is 3.41. The molecule has 0 unspecified atom stereocenters. The van der Waals surface area contributed by atoms with Gasteiger partial charge in [-0.1, -0.05) is 11.8 Å².